The molecule has 0 aliphatic carbocycles. The van der Waals surface area contributed by atoms with E-state index in [0.717, 1.165) is 42.7 Å². The molecule has 0 spiro atoms. The van der Waals surface area contributed by atoms with Crippen LogP contribution in [0.4, 0.5) is 0 Å². The highest BCUT2D eigenvalue weighted by Gasteiger charge is 2.15. The lowest BCUT2D eigenvalue weighted by Crippen LogP contribution is -2.12. The minimum atomic E-state index is 0.334. The summed E-state index contributed by atoms with van der Waals surface area (Å²) in [4.78, 5) is 0. The molecule has 1 aromatic carbocycles. The van der Waals surface area contributed by atoms with Crippen LogP contribution in [-0.4, -0.2) is 30.2 Å². The van der Waals surface area contributed by atoms with Crippen molar-refractivity contribution in [1.82, 2.24) is 0 Å². The molecule has 1 N–H and O–H groups in total. The van der Waals surface area contributed by atoms with Crippen LogP contribution in [0.2, 0.25) is 0 Å². The highest BCUT2D eigenvalue weighted by atomic mass is 16.5. The van der Waals surface area contributed by atoms with Gasteiger partial charge in [0.25, 0.3) is 0 Å². The molecule has 4 nitrogen and oxygen atoms in total. The summed E-state index contributed by atoms with van der Waals surface area (Å²) in [7, 11) is 0. The van der Waals surface area contributed by atoms with Crippen molar-refractivity contribution in [1.29, 1.82) is 0 Å². The molecule has 1 aliphatic heterocycles. The Hall–Kier alpha value is -1.55. The molecular weight excluding hydrogens is 242 g/mol. The zero-order valence-corrected chi connectivity index (χ0v) is 11.6. The van der Waals surface area contributed by atoms with Gasteiger partial charge in [0.05, 0.1) is 18.4 Å². The van der Waals surface area contributed by atoms with Crippen LogP contribution >= 0.6 is 0 Å². The van der Waals surface area contributed by atoms with Crippen molar-refractivity contribution in [2.24, 2.45) is 5.16 Å². The van der Waals surface area contributed by atoms with E-state index in [4.69, 9.17) is 14.7 Å². The lowest BCUT2D eigenvalue weighted by atomic mass is 10.1. The first-order chi connectivity index (χ1) is 9.20. The third-order valence-electron chi connectivity index (χ3n) is 3.40. The van der Waals surface area contributed by atoms with Crippen molar-refractivity contribution in [2.45, 2.75) is 39.2 Å². The fourth-order valence-corrected chi connectivity index (χ4v) is 2.27. The van der Waals surface area contributed by atoms with E-state index in [1.807, 2.05) is 25.1 Å². The number of aryl methyl sites for hydroxylation is 1. The highest BCUT2D eigenvalue weighted by molar-refractivity contribution is 6.00. The summed E-state index contributed by atoms with van der Waals surface area (Å²) in [6.45, 7) is 5.27. The van der Waals surface area contributed by atoms with E-state index in [9.17, 15) is 0 Å². The van der Waals surface area contributed by atoms with Crippen LogP contribution in [-0.2, 0) is 4.74 Å². The normalized spacial score (nSPS) is 19.7. The van der Waals surface area contributed by atoms with E-state index in [1.165, 1.54) is 0 Å². The number of oxime groups is 1. The van der Waals surface area contributed by atoms with Gasteiger partial charge in [-0.3, -0.25) is 0 Å². The second-order valence-electron chi connectivity index (χ2n) is 4.96. The Kier molecular flexibility index (Phi) is 4.80. The van der Waals surface area contributed by atoms with E-state index in [0.29, 0.717) is 18.4 Å². The van der Waals surface area contributed by atoms with Crippen molar-refractivity contribution < 1.29 is 14.7 Å². The molecule has 0 bridgehead atoms. The topological polar surface area (TPSA) is 51.1 Å². The van der Waals surface area contributed by atoms with Crippen molar-refractivity contribution in [3.63, 3.8) is 0 Å². The van der Waals surface area contributed by atoms with Gasteiger partial charge in [-0.15, -0.1) is 0 Å². The Balaban J connectivity index is 1.99. The molecule has 1 unspecified atom stereocenters. The van der Waals surface area contributed by atoms with E-state index in [-0.39, 0.29) is 0 Å². The molecule has 104 valence electrons. The molecule has 19 heavy (non-hydrogen) atoms. The molecule has 1 aromatic rings. The Morgan fingerprint density at radius 2 is 2.37 bits per heavy atom. The predicted octanol–water partition coefficient (Wildman–Crippen LogP) is 3.14. The summed E-state index contributed by atoms with van der Waals surface area (Å²) in [5.74, 6) is 0.772. The van der Waals surface area contributed by atoms with E-state index >= 15 is 0 Å². The Labute approximate surface area is 114 Å². The van der Waals surface area contributed by atoms with Crippen molar-refractivity contribution >= 4 is 5.71 Å². The fraction of sp³-hybridized carbons (Fsp3) is 0.533. The first-order valence-electron chi connectivity index (χ1n) is 6.75. The van der Waals surface area contributed by atoms with Gasteiger partial charge in [0.15, 0.2) is 0 Å². The summed E-state index contributed by atoms with van der Waals surface area (Å²) in [5, 5.41) is 12.1. The van der Waals surface area contributed by atoms with Crippen molar-refractivity contribution in [2.75, 3.05) is 13.2 Å². The summed E-state index contributed by atoms with van der Waals surface area (Å²) >= 11 is 0. The van der Waals surface area contributed by atoms with Gasteiger partial charge in [-0.2, -0.15) is 0 Å². The third kappa shape index (κ3) is 3.70. The molecule has 1 atom stereocenters. The first-order valence-corrected chi connectivity index (χ1v) is 6.75. The number of nitrogens with zero attached hydrogens (tertiary/aromatic N) is 1. The quantitative estimate of drug-likeness (QED) is 0.504. The maximum absolute atomic E-state index is 8.89. The lowest BCUT2D eigenvalue weighted by molar-refractivity contribution is 0.0903. The van der Waals surface area contributed by atoms with Crippen molar-refractivity contribution in [3.8, 4) is 5.75 Å². The van der Waals surface area contributed by atoms with Crippen LogP contribution in [0, 0.1) is 6.92 Å². The second kappa shape index (κ2) is 6.57. The maximum atomic E-state index is 8.89. The number of hydrogen-bond acceptors (Lipinski definition) is 4. The van der Waals surface area contributed by atoms with Crippen LogP contribution < -0.4 is 4.74 Å². The minimum Gasteiger partial charge on any atom is -0.493 e. The molecule has 1 aliphatic rings. The molecule has 1 saturated heterocycles. The molecule has 2 rings (SSSR count). The van der Waals surface area contributed by atoms with Gasteiger partial charge in [0.2, 0.25) is 0 Å². The standard InChI is InChI=1S/C15H21NO3/c1-11-5-6-14(12(2)16-17)15(10-11)19-9-7-13-4-3-8-18-13/h5-6,10,13,17H,3-4,7-9H2,1-2H3. The van der Waals surface area contributed by atoms with Crippen LogP contribution in [0.1, 0.15) is 37.3 Å². The molecular formula is C15H21NO3. The minimum absolute atomic E-state index is 0.334. The molecule has 1 fully saturated rings. The maximum Gasteiger partial charge on any atom is 0.128 e. The Morgan fingerprint density at radius 3 is 3.05 bits per heavy atom. The average molecular weight is 263 g/mol. The molecule has 0 aromatic heterocycles. The van der Waals surface area contributed by atoms with Crippen LogP contribution in [0.3, 0.4) is 0 Å². The second-order valence-corrected chi connectivity index (χ2v) is 4.96. The largest absolute Gasteiger partial charge is 0.493 e. The van der Waals surface area contributed by atoms with Crippen LogP contribution in [0.5, 0.6) is 5.75 Å². The molecule has 0 saturated carbocycles. The van der Waals surface area contributed by atoms with Gasteiger partial charge in [-0.25, -0.2) is 0 Å². The number of ether oxygens (including phenoxy) is 2. The third-order valence-corrected chi connectivity index (χ3v) is 3.40. The number of rotatable bonds is 5. The highest BCUT2D eigenvalue weighted by Crippen LogP contribution is 2.22. The summed E-state index contributed by atoms with van der Waals surface area (Å²) in [5.41, 5.74) is 2.52. The van der Waals surface area contributed by atoms with Gasteiger partial charge in [0, 0.05) is 18.6 Å². The predicted molar refractivity (Wildman–Crippen MR) is 74.3 cm³/mol. The van der Waals surface area contributed by atoms with Crippen LogP contribution in [0.25, 0.3) is 0 Å². The fourth-order valence-electron chi connectivity index (χ4n) is 2.27. The average Bonchev–Trinajstić information content (AvgIpc) is 2.91. The van der Waals surface area contributed by atoms with E-state index in [1.54, 1.807) is 6.92 Å². The van der Waals surface area contributed by atoms with Crippen LogP contribution in [0.15, 0.2) is 23.4 Å². The summed E-state index contributed by atoms with van der Waals surface area (Å²) in [6, 6.07) is 5.88. The zero-order valence-electron chi connectivity index (χ0n) is 11.6. The van der Waals surface area contributed by atoms with Crippen molar-refractivity contribution in [3.05, 3.63) is 29.3 Å². The Morgan fingerprint density at radius 1 is 1.53 bits per heavy atom. The smallest absolute Gasteiger partial charge is 0.128 e. The number of benzene rings is 1. The van der Waals surface area contributed by atoms with Gasteiger partial charge >= 0.3 is 0 Å². The van der Waals surface area contributed by atoms with Gasteiger partial charge in [0.1, 0.15) is 5.75 Å². The number of hydrogen-bond donors (Lipinski definition) is 1. The van der Waals surface area contributed by atoms with Gasteiger partial charge < -0.3 is 14.7 Å². The monoisotopic (exact) mass is 263 g/mol. The molecule has 0 amide bonds. The van der Waals surface area contributed by atoms with E-state index in [2.05, 4.69) is 5.16 Å². The summed E-state index contributed by atoms with van der Waals surface area (Å²) in [6.07, 6.45) is 3.52. The SMILES string of the molecule is CC(=NO)c1ccc(C)cc1OCCC1CCCO1. The molecule has 0 radical (unpaired) electrons. The van der Waals surface area contributed by atoms with E-state index < -0.39 is 0 Å². The molecule has 4 heteroatoms. The lowest BCUT2D eigenvalue weighted by Gasteiger charge is -2.14. The zero-order chi connectivity index (χ0) is 13.7. The molecule has 1 heterocycles. The first kappa shape index (κ1) is 13.9. The summed E-state index contributed by atoms with van der Waals surface area (Å²) < 4.78 is 11.4. The Bertz CT molecular complexity index is 451. The van der Waals surface area contributed by atoms with Gasteiger partial charge in [-0.1, -0.05) is 11.2 Å². The van der Waals surface area contributed by atoms with Gasteiger partial charge in [-0.05, 0) is 44.4 Å².